The molecule has 0 aliphatic heterocycles. The number of carboxylic acid groups (broad SMARTS) is 1. The smallest absolute Gasteiger partial charge is 0.303 e. The van der Waals surface area contributed by atoms with Crippen LogP contribution in [-0.4, -0.2) is 28.6 Å². The van der Waals surface area contributed by atoms with Gasteiger partial charge >= 0.3 is 5.97 Å². The summed E-state index contributed by atoms with van der Waals surface area (Å²) in [6.45, 7) is 0.0576. The van der Waals surface area contributed by atoms with Crippen molar-refractivity contribution in [3.8, 4) is 0 Å². The molecule has 19 heavy (non-hydrogen) atoms. The SMILES string of the molecule is O=C(O)CCCCCCCCC1C(=O)C=CC1CO. The van der Waals surface area contributed by atoms with Gasteiger partial charge in [0, 0.05) is 18.3 Å². The number of hydrogen-bond acceptors (Lipinski definition) is 3. The molecule has 0 saturated carbocycles. The fourth-order valence-corrected chi connectivity index (χ4v) is 2.58. The molecule has 0 heterocycles. The maximum atomic E-state index is 11.6. The quantitative estimate of drug-likeness (QED) is 0.597. The molecule has 0 saturated heterocycles. The van der Waals surface area contributed by atoms with Gasteiger partial charge in [-0.2, -0.15) is 0 Å². The Labute approximate surface area is 114 Å². The Kier molecular flexibility index (Phi) is 7.41. The summed E-state index contributed by atoms with van der Waals surface area (Å²) in [6.07, 6.45) is 10.5. The highest BCUT2D eigenvalue weighted by Gasteiger charge is 2.28. The summed E-state index contributed by atoms with van der Waals surface area (Å²) in [5, 5.41) is 17.6. The van der Waals surface area contributed by atoms with E-state index < -0.39 is 5.97 Å². The predicted molar refractivity (Wildman–Crippen MR) is 72.8 cm³/mol. The number of aliphatic hydroxyl groups excluding tert-OH is 1. The van der Waals surface area contributed by atoms with Gasteiger partial charge in [-0.05, 0) is 18.9 Å². The molecule has 0 radical (unpaired) electrons. The topological polar surface area (TPSA) is 74.6 Å². The Morgan fingerprint density at radius 2 is 1.74 bits per heavy atom. The number of aliphatic hydroxyl groups is 1. The average Bonchev–Trinajstić information content (AvgIpc) is 2.73. The monoisotopic (exact) mass is 268 g/mol. The summed E-state index contributed by atoms with van der Waals surface area (Å²) in [5.41, 5.74) is 0. The number of unbranched alkanes of at least 4 members (excludes halogenated alkanes) is 5. The van der Waals surface area contributed by atoms with Gasteiger partial charge in [0.05, 0.1) is 6.61 Å². The third-order valence-electron chi connectivity index (χ3n) is 3.76. The predicted octanol–water partition coefficient (Wildman–Crippen LogP) is 2.56. The zero-order chi connectivity index (χ0) is 14.1. The molecule has 0 amide bonds. The van der Waals surface area contributed by atoms with Crippen LogP contribution < -0.4 is 0 Å². The lowest BCUT2D eigenvalue weighted by molar-refractivity contribution is -0.137. The molecule has 2 unspecified atom stereocenters. The summed E-state index contributed by atoms with van der Waals surface area (Å²) >= 11 is 0. The first kappa shape index (κ1) is 15.9. The lowest BCUT2D eigenvalue weighted by atomic mass is 9.90. The Morgan fingerprint density at radius 3 is 2.37 bits per heavy atom. The zero-order valence-corrected chi connectivity index (χ0v) is 11.4. The molecule has 0 bridgehead atoms. The molecule has 0 aromatic rings. The fraction of sp³-hybridized carbons (Fsp3) is 0.733. The minimum Gasteiger partial charge on any atom is -0.481 e. The van der Waals surface area contributed by atoms with Gasteiger partial charge in [0.15, 0.2) is 5.78 Å². The van der Waals surface area contributed by atoms with Crippen molar-refractivity contribution in [3.05, 3.63) is 12.2 Å². The van der Waals surface area contributed by atoms with Crippen molar-refractivity contribution in [1.29, 1.82) is 0 Å². The molecule has 1 rings (SSSR count). The minimum atomic E-state index is -0.720. The van der Waals surface area contributed by atoms with Crippen LogP contribution in [0.5, 0.6) is 0 Å². The maximum Gasteiger partial charge on any atom is 0.303 e. The van der Waals surface area contributed by atoms with Crippen LogP contribution in [0.2, 0.25) is 0 Å². The van der Waals surface area contributed by atoms with Crippen molar-refractivity contribution in [2.45, 2.75) is 51.4 Å². The van der Waals surface area contributed by atoms with Gasteiger partial charge in [-0.25, -0.2) is 0 Å². The van der Waals surface area contributed by atoms with E-state index in [1.165, 1.54) is 0 Å². The minimum absolute atomic E-state index is 0.0167. The van der Waals surface area contributed by atoms with Gasteiger partial charge in [-0.15, -0.1) is 0 Å². The second kappa shape index (κ2) is 8.86. The van der Waals surface area contributed by atoms with E-state index in [1.54, 1.807) is 6.08 Å². The molecule has 2 atom stereocenters. The van der Waals surface area contributed by atoms with E-state index in [1.807, 2.05) is 6.08 Å². The van der Waals surface area contributed by atoms with Crippen LogP contribution in [0.4, 0.5) is 0 Å². The highest BCUT2D eigenvalue weighted by Crippen LogP contribution is 2.27. The summed E-state index contributed by atoms with van der Waals surface area (Å²) in [4.78, 5) is 21.9. The van der Waals surface area contributed by atoms with Crippen molar-refractivity contribution < 1.29 is 19.8 Å². The third-order valence-corrected chi connectivity index (χ3v) is 3.76. The summed E-state index contributed by atoms with van der Waals surface area (Å²) in [5.74, 6) is -0.567. The summed E-state index contributed by atoms with van der Waals surface area (Å²) in [6, 6.07) is 0. The van der Waals surface area contributed by atoms with Crippen LogP contribution in [0.25, 0.3) is 0 Å². The van der Waals surface area contributed by atoms with Gasteiger partial charge in [-0.3, -0.25) is 9.59 Å². The molecular formula is C15H24O4. The van der Waals surface area contributed by atoms with Crippen molar-refractivity contribution in [2.24, 2.45) is 11.8 Å². The van der Waals surface area contributed by atoms with Gasteiger partial charge in [0.2, 0.25) is 0 Å². The number of carbonyl (C=O) groups is 2. The van der Waals surface area contributed by atoms with Crippen LogP contribution in [0.15, 0.2) is 12.2 Å². The first-order valence-electron chi connectivity index (χ1n) is 7.20. The summed E-state index contributed by atoms with van der Waals surface area (Å²) < 4.78 is 0. The molecule has 4 nitrogen and oxygen atoms in total. The number of rotatable bonds is 10. The molecule has 1 aliphatic carbocycles. The van der Waals surface area contributed by atoms with Crippen molar-refractivity contribution >= 4 is 11.8 Å². The number of carbonyl (C=O) groups excluding carboxylic acids is 1. The van der Waals surface area contributed by atoms with E-state index in [2.05, 4.69) is 0 Å². The number of carboxylic acids is 1. The van der Waals surface area contributed by atoms with Crippen molar-refractivity contribution in [1.82, 2.24) is 0 Å². The highest BCUT2D eigenvalue weighted by molar-refractivity contribution is 5.94. The number of aliphatic carboxylic acids is 1. The maximum absolute atomic E-state index is 11.6. The van der Waals surface area contributed by atoms with E-state index in [0.717, 1.165) is 44.9 Å². The second-order valence-electron chi connectivity index (χ2n) is 5.27. The molecule has 1 aliphatic rings. The Bertz CT molecular complexity index is 322. The summed E-state index contributed by atoms with van der Waals surface area (Å²) in [7, 11) is 0. The largest absolute Gasteiger partial charge is 0.481 e. The average molecular weight is 268 g/mol. The van der Waals surface area contributed by atoms with Crippen LogP contribution in [0.1, 0.15) is 51.4 Å². The van der Waals surface area contributed by atoms with E-state index in [4.69, 9.17) is 10.2 Å². The van der Waals surface area contributed by atoms with E-state index in [9.17, 15) is 9.59 Å². The molecule has 2 N–H and O–H groups in total. The molecular weight excluding hydrogens is 244 g/mol. The van der Waals surface area contributed by atoms with E-state index in [0.29, 0.717) is 0 Å². The van der Waals surface area contributed by atoms with Gasteiger partial charge in [-0.1, -0.05) is 38.2 Å². The van der Waals surface area contributed by atoms with E-state index >= 15 is 0 Å². The Morgan fingerprint density at radius 1 is 1.11 bits per heavy atom. The fourth-order valence-electron chi connectivity index (χ4n) is 2.58. The van der Waals surface area contributed by atoms with Gasteiger partial charge in [0.1, 0.15) is 0 Å². The van der Waals surface area contributed by atoms with Gasteiger partial charge in [0.25, 0.3) is 0 Å². The molecule has 108 valence electrons. The van der Waals surface area contributed by atoms with Crippen LogP contribution in [-0.2, 0) is 9.59 Å². The molecule has 0 aromatic heterocycles. The Hall–Kier alpha value is -1.16. The first-order valence-corrected chi connectivity index (χ1v) is 7.20. The molecule has 4 heteroatoms. The normalized spacial score (nSPS) is 22.1. The first-order chi connectivity index (χ1) is 9.15. The number of ketones is 1. The standard InChI is InChI=1S/C15H24O4/c16-11-12-9-10-14(17)13(12)7-5-3-1-2-4-6-8-15(18)19/h9-10,12-13,16H,1-8,11H2,(H,18,19). The van der Waals surface area contributed by atoms with Crippen molar-refractivity contribution in [2.75, 3.05) is 6.61 Å². The molecule has 0 aromatic carbocycles. The molecule has 0 spiro atoms. The highest BCUT2D eigenvalue weighted by atomic mass is 16.4. The Balaban J connectivity index is 1.99. The zero-order valence-electron chi connectivity index (χ0n) is 11.4. The van der Waals surface area contributed by atoms with Gasteiger partial charge < -0.3 is 10.2 Å². The second-order valence-corrected chi connectivity index (χ2v) is 5.27. The van der Waals surface area contributed by atoms with Crippen LogP contribution in [0.3, 0.4) is 0 Å². The van der Waals surface area contributed by atoms with Crippen LogP contribution >= 0.6 is 0 Å². The lowest BCUT2D eigenvalue weighted by Gasteiger charge is -2.15. The van der Waals surface area contributed by atoms with E-state index in [-0.39, 0.29) is 30.6 Å². The number of hydrogen-bond donors (Lipinski definition) is 2. The third kappa shape index (κ3) is 6.01. The number of allylic oxidation sites excluding steroid dienone is 1. The lowest BCUT2D eigenvalue weighted by Crippen LogP contribution is -2.18. The molecule has 0 fully saturated rings. The van der Waals surface area contributed by atoms with Crippen molar-refractivity contribution in [3.63, 3.8) is 0 Å². The van der Waals surface area contributed by atoms with Crippen LogP contribution in [0, 0.1) is 11.8 Å².